The van der Waals surface area contributed by atoms with Gasteiger partial charge in [0.15, 0.2) is 0 Å². The molecule has 0 aliphatic rings. The quantitative estimate of drug-likeness (QED) is 0.0859. The lowest BCUT2D eigenvalue weighted by atomic mass is 9.97. The van der Waals surface area contributed by atoms with E-state index in [4.69, 9.17) is 19.3 Å². The van der Waals surface area contributed by atoms with Gasteiger partial charge >= 0.3 is 5.97 Å². The lowest BCUT2D eigenvalue weighted by molar-refractivity contribution is 0.0514. The first-order chi connectivity index (χ1) is 20.5. The van der Waals surface area contributed by atoms with Crippen LogP contribution in [0.25, 0.3) is 32.8 Å². The van der Waals surface area contributed by atoms with Crippen LogP contribution in [0, 0.1) is 0 Å². The summed E-state index contributed by atoms with van der Waals surface area (Å²) < 4.78 is 21.5. The first-order valence-electron chi connectivity index (χ1n) is 14.6. The van der Waals surface area contributed by atoms with Crippen molar-refractivity contribution in [2.75, 3.05) is 19.8 Å². The Morgan fingerprint density at radius 1 is 1.00 bits per heavy atom. The second kappa shape index (κ2) is 13.1. The number of esters is 1. The third-order valence-electron chi connectivity index (χ3n) is 7.68. The molecule has 0 atom stereocenters. The zero-order chi connectivity index (χ0) is 29.6. The Morgan fingerprint density at radius 2 is 1.76 bits per heavy atom. The minimum absolute atomic E-state index is 0.310. The van der Waals surface area contributed by atoms with Crippen LogP contribution in [0.1, 0.15) is 47.7 Å². The molecule has 7 nitrogen and oxygen atoms in total. The number of carbonyl (C=O) groups is 1. The topological polar surface area (TPSA) is 67.5 Å². The number of hydrogen-bond acceptors (Lipinski definition) is 5. The second-order valence-electron chi connectivity index (χ2n) is 10.3. The molecule has 0 N–H and O–H groups in total. The van der Waals surface area contributed by atoms with Crippen molar-refractivity contribution < 1.29 is 19.0 Å². The van der Waals surface area contributed by atoms with Crippen LogP contribution in [0.5, 0.6) is 5.75 Å². The maximum atomic E-state index is 13.4. The predicted molar refractivity (Wildman–Crippen MR) is 168 cm³/mol. The van der Waals surface area contributed by atoms with Crippen molar-refractivity contribution in [2.24, 2.45) is 14.1 Å². The van der Waals surface area contributed by atoms with Gasteiger partial charge in [0.2, 0.25) is 0 Å². The van der Waals surface area contributed by atoms with Gasteiger partial charge in [-0.15, -0.1) is 6.58 Å². The number of para-hydroxylation sites is 1. The Balaban J connectivity index is 1.53. The maximum Gasteiger partial charge on any atom is 0.355 e. The molecule has 0 unspecified atom stereocenters. The van der Waals surface area contributed by atoms with Crippen LogP contribution < -0.4 is 4.74 Å². The lowest BCUT2D eigenvalue weighted by Crippen LogP contribution is -2.13. The Kier molecular flexibility index (Phi) is 9.08. The molecular formula is C35H39N3O4. The minimum Gasteiger partial charge on any atom is -0.493 e. The van der Waals surface area contributed by atoms with Gasteiger partial charge in [-0.2, -0.15) is 5.10 Å². The largest absolute Gasteiger partial charge is 0.493 e. The van der Waals surface area contributed by atoms with E-state index in [0.717, 1.165) is 68.3 Å². The molecule has 0 aliphatic carbocycles. The zero-order valence-electron chi connectivity index (χ0n) is 25.0. The first kappa shape index (κ1) is 29.1. The van der Waals surface area contributed by atoms with Gasteiger partial charge in [-0.25, -0.2) is 4.79 Å². The molecule has 0 fully saturated rings. The van der Waals surface area contributed by atoms with Crippen molar-refractivity contribution in [1.29, 1.82) is 0 Å². The van der Waals surface area contributed by atoms with Gasteiger partial charge in [-0.3, -0.25) is 4.68 Å². The van der Waals surface area contributed by atoms with Gasteiger partial charge < -0.3 is 18.8 Å². The molecule has 0 aliphatic heterocycles. The zero-order valence-corrected chi connectivity index (χ0v) is 25.0. The summed E-state index contributed by atoms with van der Waals surface area (Å²) in [4.78, 5) is 13.4. The number of nitrogens with zero attached hydrogens (tertiary/aromatic N) is 3. The number of benzene rings is 3. The van der Waals surface area contributed by atoms with Gasteiger partial charge in [-0.1, -0.05) is 67.6 Å². The summed E-state index contributed by atoms with van der Waals surface area (Å²) in [7, 11) is 3.92. The average molecular weight is 566 g/mol. The molecule has 2 heterocycles. The van der Waals surface area contributed by atoms with Crippen LogP contribution in [0.4, 0.5) is 0 Å². The molecule has 0 amide bonds. The molecule has 3 aromatic carbocycles. The van der Waals surface area contributed by atoms with Crippen LogP contribution in [0.15, 0.2) is 73.3 Å². The highest BCUT2D eigenvalue weighted by Crippen LogP contribution is 2.38. The average Bonchev–Trinajstić information content (AvgIpc) is 3.48. The molecule has 218 valence electrons. The van der Waals surface area contributed by atoms with E-state index in [1.807, 2.05) is 54.5 Å². The highest BCUT2D eigenvalue weighted by Gasteiger charge is 2.26. The predicted octanol–water partition coefficient (Wildman–Crippen LogP) is 7.19. The summed E-state index contributed by atoms with van der Waals surface area (Å²) in [6.07, 6.45) is 3.96. The van der Waals surface area contributed by atoms with Crippen LogP contribution in [-0.4, -0.2) is 40.1 Å². The van der Waals surface area contributed by atoms with Crippen molar-refractivity contribution in [1.82, 2.24) is 14.3 Å². The molecular weight excluding hydrogens is 526 g/mol. The van der Waals surface area contributed by atoms with E-state index in [9.17, 15) is 4.79 Å². The van der Waals surface area contributed by atoms with Gasteiger partial charge in [-0.05, 0) is 43.2 Å². The summed E-state index contributed by atoms with van der Waals surface area (Å²) >= 11 is 0. The molecule has 5 rings (SSSR count). The Morgan fingerprint density at radius 3 is 2.55 bits per heavy atom. The number of rotatable bonds is 13. The van der Waals surface area contributed by atoms with Crippen molar-refractivity contribution in [2.45, 2.75) is 39.7 Å². The van der Waals surface area contributed by atoms with Gasteiger partial charge in [0.1, 0.15) is 11.4 Å². The lowest BCUT2D eigenvalue weighted by Gasteiger charge is -2.11. The van der Waals surface area contributed by atoms with Crippen molar-refractivity contribution in [3.63, 3.8) is 0 Å². The number of ether oxygens (including phenoxy) is 3. The molecule has 42 heavy (non-hydrogen) atoms. The Bertz CT molecular complexity index is 1720. The van der Waals surface area contributed by atoms with Crippen LogP contribution in [0.3, 0.4) is 0 Å². The van der Waals surface area contributed by atoms with Crippen LogP contribution in [-0.2, 0) is 43.0 Å². The third-order valence-corrected chi connectivity index (χ3v) is 7.68. The summed E-state index contributed by atoms with van der Waals surface area (Å²) in [6.45, 7) is 9.39. The second-order valence-corrected chi connectivity index (χ2v) is 10.3. The number of hydrogen-bond donors (Lipinski definition) is 0. The van der Waals surface area contributed by atoms with Crippen molar-refractivity contribution in [3.05, 3.63) is 96.0 Å². The van der Waals surface area contributed by atoms with Gasteiger partial charge in [0.25, 0.3) is 0 Å². The van der Waals surface area contributed by atoms with Crippen molar-refractivity contribution >= 4 is 27.6 Å². The molecule has 0 saturated carbocycles. The minimum atomic E-state index is -0.316. The monoisotopic (exact) mass is 565 g/mol. The van der Waals surface area contributed by atoms with Gasteiger partial charge in [0.05, 0.1) is 37.6 Å². The standard InChI is InChI=1S/C35H39N3O4/c1-6-21-40-23-29-32(30(7-2)38(5)36-29)28-18-12-17-26-27(34(35(39)41-8-3)37(4)33(26)28)19-13-22-42-31-20-11-15-24-14-9-10-16-25(24)31/h6,9-12,14-18,20H,1,7-8,13,19,21-23H2,2-5H3. The normalized spacial score (nSPS) is 11.3. The van der Waals surface area contributed by atoms with E-state index < -0.39 is 0 Å². The summed E-state index contributed by atoms with van der Waals surface area (Å²) in [5, 5.41) is 8.09. The summed E-state index contributed by atoms with van der Waals surface area (Å²) in [5.74, 6) is 0.553. The van der Waals surface area contributed by atoms with E-state index in [0.29, 0.717) is 38.5 Å². The molecule has 0 spiro atoms. The molecule has 0 radical (unpaired) electrons. The van der Waals surface area contributed by atoms with E-state index in [-0.39, 0.29) is 5.97 Å². The number of aryl methyl sites for hydroxylation is 3. The van der Waals surface area contributed by atoms with Gasteiger partial charge in [0, 0.05) is 41.7 Å². The molecule has 5 aromatic rings. The van der Waals surface area contributed by atoms with Crippen LogP contribution >= 0.6 is 0 Å². The van der Waals surface area contributed by atoms with E-state index >= 15 is 0 Å². The Labute approximate surface area is 247 Å². The highest BCUT2D eigenvalue weighted by atomic mass is 16.5. The molecule has 0 saturated heterocycles. The van der Waals surface area contributed by atoms with Crippen LogP contribution in [0.2, 0.25) is 0 Å². The first-order valence-corrected chi connectivity index (χ1v) is 14.6. The third kappa shape index (κ3) is 5.57. The summed E-state index contributed by atoms with van der Waals surface area (Å²) in [6, 6.07) is 20.6. The fourth-order valence-electron chi connectivity index (χ4n) is 5.93. The van der Waals surface area contributed by atoms with E-state index in [1.54, 1.807) is 6.08 Å². The smallest absolute Gasteiger partial charge is 0.355 e. The molecule has 0 bridgehead atoms. The molecule has 2 aromatic heterocycles. The van der Waals surface area contributed by atoms with E-state index in [2.05, 4.69) is 49.9 Å². The SMILES string of the molecule is C=CCOCc1nn(C)c(CC)c1-c1cccc2c(CCCOc3cccc4ccccc34)c(C(=O)OCC)n(C)c12. The number of aromatic nitrogens is 3. The number of fused-ring (bicyclic) bond motifs is 2. The highest BCUT2D eigenvalue weighted by molar-refractivity contribution is 6.04. The Hall–Kier alpha value is -4.36. The van der Waals surface area contributed by atoms with Crippen molar-refractivity contribution in [3.8, 4) is 16.9 Å². The fourth-order valence-corrected chi connectivity index (χ4v) is 5.93. The number of carbonyl (C=O) groups excluding carboxylic acids is 1. The maximum absolute atomic E-state index is 13.4. The summed E-state index contributed by atoms with van der Waals surface area (Å²) in [5.41, 5.74) is 6.60. The fraction of sp³-hybridized carbons (Fsp3) is 0.314. The molecule has 7 heteroatoms. The van der Waals surface area contributed by atoms with E-state index in [1.165, 1.54) is 0 Å².